The number of imidazole rings is 2. The van der Waals surface area contributed by atoms with Gasteiger partial charge in [0.1, 0.15) is 0 Å². The van der Waals surface area contributed by atoms with E-state index in [0.717, 1.165) is 79.5 Å². The molecule has 2 aromatic carbocycles. The zero-order valence-corrected chi connectivity index (χ0v) is 41.5. The number of rotatable bonds is 10. The minimum absolute atomic E-state index is 0.222. The Morgan fingerprint density at radius 3 is 1.45 bits per heavy atom. The lowest BCUT2D eigenvalue weighted by molar-refractivity contribution is 0.318. The van der Waals surface area contributed by atoms with Crippen molar-refractivity contribution in [1.29, 1.82) is 0 Å². The van der Waals surface area contributed by atoms with E-state index in [2.05, 4.69) is 162 Å². The average molecular weight is 1090 g/mol. The molecule has 0 bridgehead atoms. The van der Waals surface area contributed by atoms with Gasteiger partial charge in [-0.25, -0.2) is 9.97 Å². The smallest absolute Gasteiger partial charge is 0.227 e. The fourth-order valence-electron chi connectivity index (χ4n) is 7.04. The number of nitrogens with one attached hydrogen (secondary N) is 3. The molecule has 0 saturated heterocycles. The first-order valence-electron chi connectivity index (χ1n) is 21.5. The number of halogens is 3. The maximum atomic E-state index is 7.57. The second-order valence-corrected chi connectivity index (χ2v) is 19.1. The zero-order valence-electron chi connectivity index (χ0n) is 36.4. The fraction of sp³-hybridized carbons (Fsp3) is 0.500. The number of aliphatic hydroxyl groups is 1. The van der Waals surface area contributed by atoms with Crippen LogP contribution in [0.25, 0.3) is 22.3 Å². The van der Waals surface area contributed by atoms with Gasteiger partial charge in [-0.2, -0.15) is 19.9 Å². The van der Waals surface area contributed by atoms with E-state index in [1.54, 1.807) is 13.3 Å². The molecule has 10 N–H and O–H groups in total. The first-order chi connectivity index (χ1) is 29.7. The Morgan fingerprint density at radius 1 is 0.645 bits per heavy atom. The third-order valence-electron chi connectivity index (χ3n) is 10.6. The van der Waals surface area contributed by atoms with Gasteiger partial charge < -0.3 is 47.4 Å². The summed E-state index contributed by atoms with van der Waals surface area (Å²) in [6.07, 6.45) is 12.3. The van der Waals surface area contributed by atoms with Gasteiger partial charge in [0.15, 0.2) is 34.0 Å². The van der Waals surface area contributed by atoms with E-state index in [1.165, 1.54) is 18.3 Å². The van der Waals surface area contributed by atoms with Crippen molar-refractivity contribution in [3.05, 3.63) is 84.7 Å². The normalized spacial score (nSPS) is 18.6. The van der Waals surface area contributed by atoms with Crippen molar-refractivity contribution in [3.63, 3.8) is 0 Å². The van der Waals surface area contributed by atoms with Gasteiger partial charge in [-0.05, 0) is 178 Å². The van der Waals surface area contributed by atoms with E-state index in [9.17, 15) is 0 Å². The predicted molar refractivity (Wildman–Crippen MR) is 270 cm³/mol. The summed E-state index contributed by atoms with van der Waals surface area (Å²) >= 11 is 10.7. The monoisotopic (exact) mass is 1090 g/mol. The Balaban J connectivity index is 0.000000193. The largest absolute Gasteiger partial charge is 0.397 e. The molecule has 2 fully saturated rings. The second kappa shape index (κ2) is 24.6. The highest BCUT2D eigenvalue weighted by Crippen LogP contribution is 2.27. The number of aromatic nitrogens is 8. The van der Waals surface area contributed by atoms with Crippen LogP contribution in [0.1, 0.15) is 109 Å². The molecule has 6 aromatic rings. The topological polar surface area (TPSA) is 222 Å². The number of benzene rings is 2. The lowest BCUT2D eigenvalue weighted by Gasteiger charge is -2.27. The summed E-state index contributed by atoms with van der Waals surface area (Å²) in [6, 6.07) is 18.9. The predicted octanol–water partition coefficient (Wildman–Crippen LogP) is 8.80. The van der Waals surface area contributed by atoms with Crippen LogP contribution in [-0.4, -0.2) is 74.9 Å². The highest BCUT2D eigenvalue weighted by molar-refractivity contribution is 14.1. The number of anilines is 3. The Hall–Kier alpha value is -3.47. The molecule has 2 aliphatic rings. The maximum absolute atomic E-state index is 7.57. The Labute approximate surface area is 397 Å². The molecule has 2 saturated carbocycles. The molecule has 4 aromatic heterocycles. The number of hydrogen-bond acceptors (Lipinski definition) is 13. The number of fused-ring (bicyclic) bond motifs is 2. The molecule has 0 atom stereocenters. The van der Waals surface area contributed by atoms with Crippen LogP contribution in [0, 0.1) is 7.14 Å². The molecule has 15 nitrogen and oxygen atoms in total. The third-order valence-corrected chi connectivity index (χ3v) is 12.2. The van der Waals surface area contributed by atoms with E-state index in [4.69, 9.17) is 43.9 Å². The molecule has 4 heterocycles. The van der Waals surface area contributed by atoms with Crippen LogP contribution in [0.4, 0.5) is 17.6 Å². The first kappa shape index (κ1) is 49.5. The number of nitrogens with zero attached hydrogens (tertiary/aromatic N) is 8. The summed E-state index contributed by atoms with van der Waals surface area (Å²) in [5.74, 6) is 2.08. The molecule has 2 aliphatic carbocycles. The van der Waals surface area contributed by atoms with E-state index in [-0.39, 0.29) is 24.0 Å². The van der Waals surface area contributed by atoms with Crippen LogP contribution in [0.2, 0.25) is 5.28 Å². The van der Waals surface area contributed by atoms with E-state index >= 15 is 0 Å². The fourth-order valence-corrected chi connectivity index (χ4v) is 7.92. The van der Waals surface area contributed by atoms with Crippen molar-refractivity contribution in [2.75, 3.05) is 22.6 Å². The van der Waals surface area contributed by atoms with Gasteiger partial charge in [-0.1, -0.05) is 24.3 Å². The van der Waals surface area contributed by atoms with Gasteiger partial charge in [0, 0.05) is 63.1 Å². The third kappa shape index (κ3) is 14.8. The summed E-state index contributed by atoms with van der Waals surface area (Å²) < 4.78 is 6.52. The summed E-state index contributed by atoms with van der Waals surface area (Å²) in [4.78, 5) is 27.2. The quantitative estimate of drug-likeness (QED) is 0.0504. The molecule has 0 aliphatic heterocycles. The van der Waals surface area contributed by atoms with Gasteiger partial charge in [-0.15, -0.1) is 0 Å². The SMILES string of the molecule is CC(C)n1cnc2c(NCc3ccc(I)cc3)nc(Cl)nc21.CC(C)n1cnc2c(NCc3ccc(I)cc3)nc(NC3CCC(N)CC3)nc21.CCO.NC1CCC(N)CC1. The molecule has 0 unspecified atom stereocenters. The number of nitrogens with two attached hydrogens (primary N) is 3. The van der Waals surface area contributed by atoms with Crippen molar-refractivity contribution >= 4 is 96.7 Å². The van der Waals surface area contributed by atoms with Crippen LogP contribution in [0.3, 0.4) is 0 Å². The number of hydrogen-bond donors (Lipinski definition) is 7. The van der Waals surface area contributed by atoms with Crippen LogP contribution in [-0.2, 0) is 13.1 Å². The summed E-state index contributed by atoms with van der Waals surface area (Å²) in [6.45, 7) is 11.7. The summed E-state index contributed by atoms with van der Waals surface area (Å²) in [7, 11) is 0. The van der Waals surface area contributed by atoms with E-state index < -0.39 is 0 Å². The molecule has 0 spiro atoms. The molecule has 336 valence electrons. The van der Waals surface area contributed by atoms with Gasteiger partial charge >= 0.3 is 0 Å². The van der Waals surface area contributed by atoms with Gasteiger partial charge in [0.2, 0.25) is 11.2 Å². The van der Waals surface area contributed by atoms with E-state index in [0.29, 0.717) is 49.0 Å². The maximum Gasteiger partial charge on any atom is 0.227 e. The van der Waals surface area contributed by atoms with Gasteiger partial charge in [0.05, 0.1) is 12.7 Å². The van der Waals surface area contributed by atoms with Crippen LogP contribution < -0.4 is 33.2 Å². The molecule has 18 heteroatoms. The first-order valence-corrected chi connectivity index (χ1v) is 24.0. The van der Waals surface area contributed by atoms with Crippen molar-refractivity contribution in [2.24, 2.45) is 17.2 Å². The van der Waals surface area contributed by atoms with Crippen molar-refractivity contribution in [1.82, 2.24) is 39.0 Å². The standard InChI is InChI=1S/C21H28IN7.C15H15ClIN5.C6H14N2.C2H6O/c1-13(2)29-12-25-18-19(24-11-14-3-5-15(22)6-4-14)27-21(28-20(18)29)26-17-9-7-16(23)8-10-17;1-9(2)22-8-19-12-13(20-15(16)21-14(12)22)18-7-10-3-5-11(17)6-4-10;7-5-1-2-6(8)4-3-5;1-2-3/h3-6,12-13,16-17H,7-11,23H2,1-2H3,(H2,24,26,27,28);3-6,8-9H,7H2,1-2H3,(H,18,20,21);5-6H,1-4,7-8H2;3H,2H2,1H3. The van der Waals surface area contributed by atoms with Crippen molar-refractivity contribution < 1.29 is 5.11 Å². The lowest BCUT2D eigenvalue weighted by Crippen LogP contribution is -2.33. The van der Waals surface area contributed by atoms with Gasteiger partial charge in [-0.3, -0.25) is 0 Å². The zero-order chi connectivity index (χ0) is 44.8. The minimum atomic E-state index is 0.222. The lowest BCUT2D eigenvalue weighted by atomic mass is 9.92. The number of aliphatic hydroxyl groups excluding tert-OH is 1. The summed E-state index contributed by atoms with van der Waals surface area (Å²) in [5.41, 5.74) is 22.9. The van der Waals surface area contributed by atoms with Crippen molar-refractivity contribution in [2.45, 2.75) is 135 Å². The molecular weight excluding hydrogens is 1030 g/mol. The minimum Gasteiger partial charge on any atom is -0.397 e. The highest BCUT2D eigenvalue weighted by Gasteiger charge is 2.21. The molecule has 0 radical (unpaired) electrons. The average Bonchev–Trinajstić information content (AvgIpc) is 3.88. The Morgan fingerprint density at radius 2 is 1.03 bits per heavy atom. The Kier molecular flexibility index (Phi) is 19.6. The highest BCUT2D eigenvalue weighted by atomic mass is 127. The summed E-state index contributed by atoms with van der Waals surface area (Å²) in [5, 5.41) is 18.1. The molecule has 0 amide bonds. The Bertz CT molecular complexity index is 2240. The second-order valence-electron chi connectivity index (χ2n) is 16.3. The van der Waals surface area contributed by atoms with Gasteiger partial charge in [0.25, 0.3) is 0 Å². The molecular formula is C44H63ClI2N14O. The van der Waals surface area contributed by atoms with Crippen LogP contribution in [0.15, 0.2) is 61.2 Å². The molecule has 8 rings (SSSR count). The van der Waals surface area contributed by atoms with E-state index in [1.807, 2.05) is 10.9 Å². The van der Waals surface area contributed by atoms with Crippen LogP contribution >= 0.6 is 56.8 Å². The van der Waals surface area contributed by atoms with Crippen LogP contribution in [0.5, 0.6) is 0 Å². The molecule has 62 heavy (non-hydrogen) atoms. The van der Waals surface area contributed by atoms with Crippen molar-refractivity contribution in [3.8, 4) is 0 Å².